The first-order valence-corrected chi connectivity index (χ1v) is 3.67. The standard InChI is InChI=1S/C5H5N.2C2H4O2.H2N.Pt/c1-2-4-6-5-3-1;2*1-2(3)4;;/h1-5H;2*1H3,(H,3,4);1H2;/q;;;-1;+2/p-2. The molecule has 0 bridgehead atoms. The van der Waals surface area contributed by atoms with Crippen molar-refractivity contribution in [3.63, 3.8) is 0 Å². The van der Waals surface area contributed by atoms with Crippen molar-refractivity contribution >= 4 is 11.9 Å². The third kappa shape index (κ3) is 78.2. The van der Waals surface area contributed by atoms with E-state index in [-0.39, 0.29) is 27.2 Å². The molecule has 0 radical (unpaired) electrons. The van der Waals surface area contributed by atoms with Crippen LogP contribution in [0.2, 0.25) is 0 Å². The number of rotatable bonds is 0. The number of hydrogen-bond acceptors (Lipinski definition) is 5. The maximum atomic E-state index is 8.89. The summed E-state index contributed by atoms with van der Waals surface area (Å²) in [5.74, 6) is -2.17. The summed E-state index contributed by atoms with van der Waals surface area (Å²) in [6.07, 6.45) is 3.50. The molecule has 7 heteroatoms. The molecule has 1 heterocycles. The zero-order valence-electron chi connectivity index (χ0n) is 8.86. The van der Waals surface area contributed by atoms with Crippen molar-refractivity contribution in [2.75, 3.05) is 0 Å². The summed E-state index contributed by atoms with van der Waals surface area (Å²) in [5.41, 5.74) is 0. The number of carbonyl (C=O) groups excluding carboxylic acids is 2. The van der Waals surface area contributed by atoms with E-state index in [4.69, 9.17) is 19.8 Å². The summed E-state index contributed by atoms with van der Waals surface area (Å²) in [4.78, 5) is 21.6. The smallest absolute Gasteiger partial charge is 0.693 e. The Balaban J connectivity index is -0.0000000660. The summed E-state index contributed by atoms with van der Waals surface area (Å²) in [5, 5.41) is 17.8. The van der Waals surface area contributed by atoms with Crippen LogP contribution < -0.4 is 10.2 Å². The van der Waals surface area contributed by atoms with Gasteiger partial charge in [0.25, 0.3) is 0 Å². The predicted octanol–water partition coefficient (Wildman–Crippen LogP) is -0.691. The molecule has 2 N–H and O–H groups in total. The molecule has 0 amide bonds. The Bertz CT molecular complexity index is 210. The molecule has 0 aliphatic carbocycles. The summed E-state index contributed by atoms with van der Waals surface area (Å²) >= 11 is 0. The Morgan fingerprint density at radius 2 is 1.19 bits per heavy atom. The molecular formula is C9H13N2O4Pt-. The van der Waals surface area contributed by atoms with Gasteiger partial charge in [0.2, 0.25) is 0 Å². The van der Waals surface area contributed by atoms with Crippen molar-refractivity contribution in [1.82, 2.24) is 4.98 Å². The van der Waals surface area contributed by atoms with Gasteiger partial charge in [0.1, 0.15) is 0 Å². The van der Waals surface area contributed by atoms with Gasteiger partial charge in [-0.05, 0) is 26.0 Å². The second-order valence-electron chi connectivity index (χ2n) is 2.01. The van der Waals surface area contributed by atoms with Crippen LogP contribution in [0.1, 0.15) is 13.8 Å². The Hall–Kier alpha value is -1.26. The van der Waals surface area contributed by atoms with Gasteiger partial charge in [-0.25, -0.2) is 0 Å². The van der Waals surface area contributed by atoms with Crippen molar-refractivity contribution < 1.29 is 40.9 Å². The van der Waals surface area contributed by atoms with Gasteiger partial charge in [-0.2, -0.15) is 0 Å². The summed E-state index contributed by atoms with van der Waals surface area (Å²) in [6, 6.07) is 5.72. The molecule has 1 rings (SSSR count). The molecule has 0 fully saturated rings. The van der Waals surface area contributed by atoms with Crippen LogP contribution in [-0.2, 0) is 30.7 Å². The van der Waals surface area contributed by atoms with Crippen molar-refractivity contribution in [1.29, 1.82) is 0 Å². The number of carbonyl (C=O) groups is 2. The molecule has 16 heavy (non-hydrogen) atoms. The van der Waals surface area contributed by atoms with Crippen LogP contribution in [0.4, 0.5) is 0 Å². The summed E-state index contributed by atoms with van der Waals surface area (Å²) in [7, 11) is 0. The minimum Gasteiger partial charge on any atom is -0.693 e. The van der Waals surface area contributed by atoms with E-state index in [0.29, 0.717) is 0 Å². The Morgan fingerprint density at radius 1 is 0.938 bits per heavy atom. The van der Waals surface area contributed by atoms with Gasteiger partial charge in [0.15, 0.2) is 0 Å². The second kappa shape index (κ2) is 19.3. The van der Waals surface area contributed by atoms with Crippen molar-refractivity contribution in [3.8, 4) is 0 Å². The van der Waals surface area contributed by atoms with Crippen LogP contribution in [-0.4, -0.2) is 16.9 Å². The van der Waals surface area contributed by atoms with Crippen LogP contribution in [0.15, 0.2) is 30.6 Å². The fourth-order valence-corrected chi connectivity index (χ4v) is 0.313. The van der Waals surface area contributed by atoms with Crippen LogP contribution in [0.5, 0.6) is 0 Å². The largest absolute Gasteiger partial charge is 2.00 e. The van der Waals surface area contributed by atoms with E-state index in [1.54, 1.807) is 12.4 Å². The molecule has 0 saturated heterocycles. The zero-order valence-corrected chi connectivity index (χ0v) is 11.1. The first-order valence-electron chi connectivity index (χ1n) is 3.67. The van der Waals surface area contributed by atoms with Gasteiger partial charge >= 0.3 is 21.1 Å². The fraction of sp³-hybridized carbons (Fsp3) is 0.222. The monoisotopic (exact) mass is 408 g/mol. The second-order valence-corrected chi connectivity index (χ2v) is 2.01. The number of carboxylic acid groups (broad SMARTS) is 2. The number of hydrogen-bond donors (Lipinski definition) is 0. The first-order chi connectivity index (χ1) is 6.46. The van der Waals surface area contributed by atoms with Crippen molar-refractivity contribution in [2.24, 2.45) is 0 Å². The molecule has 1 aromatic rings. The fourth-order valence-electron chi connectivity index (χ4n) is 0.313. The van der Waals surface area contributed by atoms with E-state index in [1.165, 1.54) is 0 Å². The van der Waals surface area contributed by atoms with Crippen molar-refractivity contribution in [3.05, 3.63) is 36.7 Å². The van der Waals surface area contributed by atoms with Gasteiger partial charge in [-0.15, -0.1) is 0 Å². The quantitative estimate of drug-likeness (QED) is 0.562. The third-order valence-electron chi connectivity index (χ3n) is 0.566. The van der Waals surface area contributed by atoms with Crippen LogP contribution in [0.3, 0.4) is 0 Å². The normalized spacial score (nSPS) is 6.12. The summed E-state index contributed by atoms with van der Waals surface area (Å²) < 4.78 is 0. The Morgan fingerprint density at radius 3 is 1.25 bits per heavy atom. The molecule has 0 atom stereocenters. The molecule has 0 aliphatic heterocycles. The van der Waals surface area contributed by atoms with Crippen molar-refractivity contribution in [2.45, 2.75) is 13.8 Å². The van der Waals surface area contributed by atoms with Gasteiger partial charge in [0, 0.05) is 24.3 Å². The Kier molecular flexibility index (Phi) is 29.1. The van der Waals surface area contributed by atoms with Gasteiger partial charge < -0.3 is 26.0 Å². The number of carboxylic acids is 2. The SMILES string of the molecule is CC(=O)[O-].CC(=O)[O-].[NH2-].[Pt+2].c1ccncc1. The zero-order chi connectivity index (χ0) is 11.4. The maximum Gasteiger partial charge on any atom is 2.00 e. The van der Waals surface area contributed by atoms with Crippen LogP contribution in [0, 0.1) is 0 Å². The number of aromatic nitrogens is 1. The molecule has 0 saturated carbocycles. The van der Waals surface area contributed by atoms with E-state index < -0.39 is 11.9 Å². The number of aliphatic carboxylic acids is 2. The molecular weight excluding hydrogens is 395 g/mol. The molecule has 6 nitrogen and oxygen atoms in total. The van der Waals surface area contributed by atoms with Crippen LogP contribution in [0.25, 0.3) is 6.15 Å². The van der Waals surface area contributed by atoms with Crippen LogP contribution >= 0.6 is 0 Å². The number of nitrogens with two attached hydrogens (primary N) is 1. The average Bonchev–Trinajstić information content (AvgIpc) is 2.05. The molecule has 0 aliphatic rings. The van der Waals surface area contributed by atoms with Gasteiger partial charge in [0.05, 0.1) is 0 Å². The number of pyridine rings is 1. The molecule has 0 spiro atoms. The number of nitrogens with zero attached hydrogens (tertiary/aromatic N) is 1. The molecule has 94 valence electrons. The summed E-state index contributed by atoms with van der Waals surface area (Å²) in [6.45, 7) is 1.94. The van der Waals surface area contributed by atoms with E-state index in [9.17, 15) is 0 Å². The topological polar surface area (TPSA) is 127 Å². The Labute approximate surface area is 109 Å². The minimum absolute atomic E-state index is 0. The minimum atomic E-state index is -1.08. The van der Waals surface area contributed by atoms with Gasteiger partial charge in [-0.3, -0.25) is 4.98 Å². The van der Waals surface area contributed by atoms with E-state index >= 15 is 0 Å². The molecule has 1 aromatic heterocycles. The van der Waals surface area contributed by atoms with E-state index in [0.717, 1.165) is 13.8 Å². The molecule has 0 unspecified atom stereocenters. The first kappa shape index (κ1) is 24.1. The van der Waals surface area contributed by atoms with E-state index in [2.05, 4.69) is 4.98 Å². The predicted molar refractivity (Wildman–Crippen MR) is 50.9 cm³/mol. The van der Waals surface area contributed by atoms with E-state index in [1.807, 2.05) is 18.2 Å². The molecule has 0 aromatic carbocycles. The average molecular weight is 408 g/mol. The van der Waals surface area contributed by atoms with Gasteiger partial charge in [-0.1, -0.05) is 6.07 Å². The third-order valence-corrected chi connectivity index (χ3v) is 0.566. The maximum absolute atomic E-state index is 8.89.